The highest BCUT2D eigenvalue weighted by Gasteiger charge is 2.22. The predicted molar refractivity (Wildman–Crippen MR) is 115 cm³/mol. The SMILES string of the molecule is COc1cc(-c2nnc(SCC(=O)NC(N)=O)n2-c2ccccc2F)cc(OC)c1OC. The molecule has 0 aliphatic rings. The molecule has 3 rings (SSSR count). The molecule has 0 saturated heterocycles. The molecule has 0 bridgehead atoms. The normalized spacial score (nSPS) is 10.5. The van der Waals surface area contributed by atoms with Gasteiger partial charge in [0.25, 0.3) is 0 Å². The largest absolute Gasteiger partial charge is 0.493 e. The van der Waals surface area contributed by atoms with Gasteiger partial charge in [0.05, 0.1) is 32.8 Å². The number of nitrogens with zero attached hydrogens (tertiary/aromatic N) is 3. The first kappa shape index (κ1) is 22.9. The van der Waals surface area contributed by atoms with Crippen molar-refractivity contribution >= 4 is 23.7 Å². The fourth-order valence-electron chi connectivity index (χ4n) is 2.91. The summed E-state index contributed by atoms with van der Waals surface area (Å²) in [7, 11) is 4.43. The third-order valence-corrected chi connectivity index (χ3v) is 5.17. The number of primary amides is 1. The van der Waals surface area contributed by atoms with E-state index in [-0.39, 0.29) is 22.4 Å². The minimum atomic E-state index is -0.968. The molecule has 2 aromatic carbocycles. The van der Waals surface area contributed by atoms with Crippen LogP contribution in [0.2, 0.25) is 0 Å². The molecule has 0 atom stereocenters. The maximum absolute atomic E-state index is 14.7. The Kier molecular flexibility index (Phi) is 7.15. The first-order valence-electron chi connectivity index (χ1n) is 9.12. The lowest BCUT2D eigenvalue weighted by Gasteiger charge is -2.15. The van der Waals surface area contributed by atoms with Gasteiger partial charge in [-0.05, 0) is 24.3 Å². The van der Waals surface area contributed by atoms with Crippen molar-refractivity contribution < 1.29 is 28.2 Å². The number of para-hydroxylation sites is 1. The van der Waals surface area contributed by atoms with Crippen LogP contribution >= 0.6 is 11.8 Å². The third-order valence-electron chi connectivity index (χ3n) is 4.24. The summed E-state index contributed by atoms with van der Waals surface area (Å²) < 4.78 is 32.3. The van der Waals surface area contributed by atoms with Crippen molar-refractivity contribution in [1.82, 2.24) is 20.1 Å². The smallest absolute Gasteiger partial charge is 0.318 e. The molecule has 10 nitrogen and oxygen atoms in total. The van der Waals surface area contributed by atoms with Crippen LogP contribution in [0.5, 0.6) is 17.2 Å². The van der Waals surface area contributed by atoms with Crippen molar-refractivity contribution in [3.8, 4) is 34.3 Å². The van der Waals surface area contributed by atoms with E-state index in [1.807, 2.05) is 5.32 Å². The van der Waals surface area contributed by atoms with E-state index < -0.39 is 17.8 Å². The maximum atomic E-state index is 14.7. The second-order valence-corrected chi connectivity index (χ2v) is 7.15. The Morgan fingerprint density at radius 2 is 1.75 bits per heavy atom. The van der Waals surface area contributed by atoms with Gasteiger partial charge >= 0.3 is 6.03 Å². The Hall–Kier alpha value is -3.80. The Bertz CT molecular complexity index is 1130. The van der Waals surface area contributed by atoms with Crippen molar-refractivity contribution in [2.24, 2.45) is 5.73 Å². The van der Waals surface area contributed by atoms with E-state index in [1.165, 1.54) is 32.0 Å². The number of urea groups is 1. The number of halogens is 1. The van der Waals surface area contributed by atoms with Gasteiger partial charge in [-0.3, -0.25) is 14.7 Å². The van der Waals surface area contributed by atoms with E-state index in [4.69, 9.17) is 19.9 Å². The highest BCUT2D eigenvalue weighted by Crippen LogP contribution is 2.41. The number of hydrogen-bond acceptors (Lipinski definition) is 8. The van der Waals surface area contributed by atoms with E-state index in [9.17, 15) is 14.0 Å². The van der Waals surface area contributed by atoms with Crippen LogP contribution in [-0.4, -0.2) is 53.8 Å². The van der Waals surface area contributed by atoms with Crippen molar-refractivity contribution in [2.45, 2.75) is 5.16 Å². The molecular weight excluding hydrogens is 441 g/mol. The lowest BCUT2D eigenvalue weighted by atomic mass is 10.1. The van der Waals surface area contributed by atoms with Gasteiger partial charge in [0.1, 0.15) is 5.82 Å². The van der Waals surface area contributed by atoms with E-state index >= 15 is 0 Å². The number of amides is 3. The third kappa shape index (κ3) is 4.75. The predicted octanol–water partition coefficient (Wildman–Crippen LogP) is 2.39. The zero-order valence-electron chi connectivity index (χ0n) is 17.4. The summed E-state index contributed by atoms with van der Waals surface area (Å²) >= 11 is 0.959. The molecule has 12 heteroatoms. The van der Waals surface area contributed by atoms with Gasteiger partial charge < -0.3 is 19.9 Å². The van der Waals surface area contributed by atoms with Crippen LogP contribution in [0.1, 0.15) is 0 Å². The summed E-state index contributed by atoms with van der Waals surface area (Å²) in [5.74, 6) is 0.0648. The van der Waals surface area contributed by atoms with Crippen LogP contribution in [0.25, 0.3) is 17.1 Å². The summed E-state index contributed by atoms with van der Waals surface area (Å²) in [6.07, 6.45) is 0. The second kappa shape index (κ2) is 10.0. The fourth-order valence-corrected chi connectivity index (χ4v) is 3.66. The first-order chi connectivity index (χ1) is 15.4. The summed E-state index contributed by atoms with van der Waals surface area (Å²) in [4.78, 5) is 22.7. The van der Waals surface area contributed by atoms with E-state index in [0.717, 1.165) is 11.8 Å². The molecular formula is C20H20FN5O5S. The monoisotopic (exact) mass is 461 g/mol. The summed E-state index contributed by atoms with van der Waals surface area (Å²) in [5, 5.41) is 10.5. The van der Waals surface area contributed by atoms with Crippen LogP contribution in [0.15, 0.2) is 41.6 Å². The number of benzene rings is 2. The maximum Gasteiger partial charge on any atom is 0.318 e. The van der Waals surface area contributed by atoms with Gasteiger partial charge in [-0.15, -0.1) is 10.2 Å². The van der Waals surface area contributed by atoms with Gasteiger partial charge in [0.2, 0.25) is 11.7 Å². The number of thioether (sulfide) groups is 1. The first-order valence-corrected chi connectivity index (χ1v) is 10.1. The Labute approximate surface area is 186 Å². The molecule has 0 saturated carbocycles. The number of rotatable bonds is 8. The van der Waals surface area contributed by atoms with Gasteiger partial charge in [-0.25, -0.2) is 9.18 Å². The number of nitrogens with one attached hydrogen (secondary N) is 1. The molecule has 0 aliphatic carbocycles. The van der Waals surface area contributed by atoms with Gasteiger partial charge in [0, 0.05) is 5.56 Å². The Balaban J connectivity index is 2.13. The second-order valence-electron chi connectivity index (χ2n) is 6.21. The highest BCUT2D eigenvalue weighted by atomic mass is 32.2. The zero-order valence-corrected chi connectivity index (χ0v) is 18.2. The van der Waals surface area contributed by atoms with E-state index in [1.54, 1.807) is 30.3 Å². The zero-order chi connectivity index (χ0) is 23.3. The van der Waals surface area contributed by atoms with Crippen molar-refractivity contribution in [1.29, 1.82) is 0 Å². The average Bonchev–Trinajstić information content (AvgIpc) is 3.20. The molecule has 1 aromatic heterocycles. The number of carbonyl (C=O) groups excluding carboxylic acids is 2. The standard InChI is InChI=1S/C20H20FN5O5S/c1-29-14-8-11(9-15(30-2)17(14)31-3)18-24-25-20(32-10-16(27)23-19(22)28)26(18)13-7-5-4-6-12(13)21/h4-9H,10H2,1-3H3,(H3,22,23,27,28). The minimum absolute atomic E-state index is 0.166. The van der Waals surface area contributed by atoms with Gasteiger partial charge in [-0.2, -0.15) is 0 Å². The van der Waals surface area contributed by atoms with Crippen LogP contribution in [0.3, 0.4) is 0 Å². The number of methoxy groups -OCH3 is 3. The number of hydrogen-bond donors (Lipinski definition) is 2. The Morgan fingerprint density at radius 3 is 2.31 bits per heavy atom. The van der Waals surface area contributed by atoms with Crippen LogP contribution < -0.4 is 25.3 Å². The van der Waals surface area contributed by atoms with Crippen LogP contribution in [-0.2, 0) is 4.79 Å². The lowest BCUT2D eigenvalue weighted by Crippen LogP contribution is -2.36. The Morgan fingerprint density at radius 1 is 1.09 bits per heavy atom. The molecule has 1 heterocycles. The van der Waals surface area contributed by atoms with Crippen molar-refractivity contribution in [2.75, 3.05) is 27.1 Å². The topological polar surface area (TPSA) is 131 Å². The lowest BCUT2D eigenvalue weighted by molar-refractivity contribution is -0.117. The number of nitrogens with two attached hydrogens (primary N) is 1. The van der Waals surface area contributed by atoms with E-state index in [2.05, 4.69) is 10.2 Å². The molecule has 3 N–H and O–H groups in total. The van der Waals surface area contributed by atoms with Gasteiger partial charge in [-0.1, -0.05) is 23.9 Å². The fraction of sp³-hybridized carbons (Fsp3) is 0.200. The molecule has 3 amide bonds. The number of carbonyl (C=O) groups is 2. The van der Waals surface area contributed by atoms with Crippen molar-refractivity contribution in [3.05, 3.63) is 42.2 Å². The number of ether oxygens (including phenoxy) is 3. The van der Waals surface area contributed by atoms with E-state index in [0.29, 0.717) is 22.8 Å². The van der Waals surface area contributed by atoms with Crippen molar-refractivity contribution in [3.63, 3.8) is 0 Å². The van der Waals surface area contributed by atoms with Gasteiger partial charge in [0.15, 0.2) is 22.5 Å². The quantitative estimate of drug-likeness (QED) is 0.489. The minimum Gasteiger partial charge on any atom is -0.493 e. The molecule has 0 spiro atoms. The molecule has 3 aromatic rings. The van der Waals surface area contributed by atoms with Crippen LogP contribution in [0, 0.1) is 5.82 Å². The number of imide groups is 1. The summed E-state index contributed by atoms with van der Waals surface area (Å²) in [6, 6.07) is 8.38. The summed E-state index contributed by atoms with van der Waals surface area (Å²) in [6.45, 7) is 0. The average molecular weight is 461 g/mol. The molecule has 0 unspecified atom stereocenters. The highest BCUT2D eigenvalue weighted by molar-refractivity contribution is 7.99. The molecule has 168 valence electrons. The molecule has 0 fully saturated rings. The molecule has 0 aliphatic heterocycles. The number of aromatic nitrogens is 3. The summed E-state index contributed by atoms with van der Waals surface area (Å²) in [5.41, 5.74) is 5.63. The molecule has 32 heavy (non-hydrogen) atoms. The van der Waals surface area contributed by atoms with Crippen LogP contribution in [0.4, 0.5) is 9.18 Å². The molecule has 0 radical (unpaired) electrons.